The van der Waals surface area contributed by atoms with Crippen molar-refractivity contribution in [3.63, 3.8) is 0 Å². The second kappa shape index (κ2) is 8.65. The van der Waals surface area contributed by atoms with Crippen molar-refractivity contribution in [1.29, 1.82) is 0 Å². The minimum atomic E-state index is -0.355. The molecule has 4 aromatic rings. The molecule has 0 unspecified atom stereocenters. The van der Waals surface area contributed by atoms with Gasteiger partial charge < -0.3 is 14.8 Å². The lowest BCUT2D eigenvalue weighted by Gasteiger charge is -2.43. The third kappa shape index (κ3) is 4.07. The van der Waals surface area contributed by atoms with Gasteiger partial charge in [-0.15, -0.1) is 0 Å². The van der Waals surface area contributed by atoms with Gasteiger partial charge >= 0.3 is 0 Å². The van der Waals surface area contributed by atoms with Crippen LogP contribution in [0.4, 0.5) is 10.1 Å². The van der Waals surface area contributed by atoms with Gasteiger partial charge in [-0.3, -0.25) is 14.6 Å². The van der Waals surface area contributed by atoms with Gasteiger partial charge in [0.05, 0.1) is 5.52 Å². The van der Waals surface area contributed by atoms with E-state index in [1.807, 2.05) is 52.1 Å². The Labute approximate surface area is 202 Å². The van der Waals surface area contributed by atoms with Crippen molar-refractivity contribution < 1.29 is 9.18 Å². The first-order valence-electron chi connectivity index (χ1n) is 11.9. The van der Waals surface area contributed by atoms with Crippen LogP contribution in [0.2, 0.25) is 0 Å². The number of hydrogen-bond donors (Lipinski definition) is 1. The number of benzene rings is 2. The predicted molar refractivity (Wildman–Crippen MR) is 133 cm³/mol. The molecule has 7 heteroatoms. The number of anilines is 1. The first kappa shape index (κ1) is 21.5. The second-order valence-electron chi connectivity index (χ2n) is 9.49. The van der Waals surface area contributed by atoms with Crippen molar-refractivity contribution in [2.75, 3.05) is 18.4 Å². The lowest BCUT2D eigenvalue weighted by atomic mass is 9.83. The van der Waals surface area contributed by atoms with E-state index in [0.717, 1.165) is 28.6 Å². The number of likely N-dealkylation sites (tertiary alicyclic amines) is 1. The minimum Gasteiger partial charge on any atom is -0.376 e. The highest BCUT2D eigenvalue weighted by Gasteiger charge is 2.36. The molecule has 0 saturated carbocycles. The van der Waals surface area contributed by atoms with Crippen LogP contribution >= 0.6 is 0 Å². The molecular formula is C28H25FN4O2. The number of amides is 1. The summed E-state index contributed by atoms with van der Waals surface area (Å²) in [7, 11) is 0. The van der Waals surface area contributed by atoms with E-state index in [0.29, 0.717) is 37.4 Å². The molecule has 0 radical (unpaired) electrons. The van der Waals surface area contributed by atoms with Crippen LogP contribution < -0.4 is 10.9 Å². The number of para-hydroxylation sites is 1. The lowest BCUT2D eigenvalue weighted by molar-refractivity contribution is 0.0594. The average molecular weight is 469 g/mol. The van der Waals surface area contributed by atoms with E-state index in [2.05, 4.69) is 16.4 Å². The number of carbonyl (C=O) groups is 1. The number of piperidine rings is 1. The summed E-state index contributed by atoms with van der Waals surface area (Å²) < 4.78 is 15.1. The van der Waals surface area contributed by atoms with Crippen molar-refractivity contribution in [3.8, 4) is 0 Å². The van der Waals surface area contributed by atoms with E-state index in [1.54, 1.807) is 0 Å². The highest BCUT2D eigenvalue weighted by Crippen LogP contribution is 2.36. The van der Waals surface area contributed by atoms with Crippen LogP contribution in [-0.2, 0) is 13.1 Å². The van der Waals surface area contributed by atoms with Crippen LogP contribution in [0.15, 0.2) is 77.7 Å². The number of hydrogen-bond acceptors (Lipinski definition) is 4. The number of aromatic nitrogens is 2. The molecule has 4 heterocycles. The predicted octanol–water partition coefficient (Wildman–Crippen LogP) is 4.41. The van der Waals surface area contributed by atoms with Crippen LogP contribution in [0.25, 0.3) is 10.9 Å². The van der Waals surface area contributed by atoms with Crippen molar-refractivity contribution >= 4 is 22.5 Å². The molecule has 6 nitrogen and oxygen atoms in total. The molecule has 0 aliphatic carbocycles. The van der Waals surface area contributed by atoms with E-state index >= 15 is 0 Å². The van der Waals surface area contributed by atoms with E-state index in [9.17, 15) is 14.0 Å². The van der Waals surface area contributed by atoms with Crippen molar-refractivity contribution in [1.82, 2.24) is 14.5 Å². The van der Waals surface area contributed by atoms with Gasteiger partial charge in [0.25, 0.3) is 11.5 Å². The van der Waals surface area contributed by atoms with E-state index in [4.69, 9.17) is 0 Å². The Morgan fingerprint density at radius 1 is 1.03 bits per heavy atom. The molecular weight excluding hydrogens is 443 g/mol. The number of nitrogens with one attached hydrogen (secondary N) is 1. The number of halogens is 1. The third-order valence-electron chi connectivity index (χ3n) is 7.11. The fraction of sp³-hybridized carbons (Fsp3) is 0.250. The van der Waals surface area contributed by atoms with Gasteiger partial charge in [-0.2, -0.15) is 0 Å². The Bertz CT molecular complexity index is 1480. The largest absolute Gasteiger partial charge is 0.376 e. The van der Waals surface area contributed by atoms with Gasteiger partial charge in [0, 0.05) is 54.9 Å². The molecule has 35 heavy (non-hydrogen) atoms. The summed E-state index contributed by atoms with van der Waals surface area (Å²) >= 11 is 0. The van der Waals surface area contributed by atoms with Crippen molar-refractivity contribution in [3.05, 3.63) is 106 Å². The van der Waals surface area contributed by atoms with E-state index in [1.165, 1.54) is 24.3 Å². The zero-order chi connectivity index (χ0) is 23.9. The van der Waals surface area contributed by atoms with Gasteiger partial charge in [0.1, 0.15) is 11.5 Å². The van der Waals surface area contributed by atoms with Gasteiger partial charge in [-0.05, 0) is 66.4 Å². The summed E-state index contributed by atoms with van der Waals surface area (Å²) in [5.41, 5.74) is 3.97. The smallest absolute Gasteiger partial charge is 0.274 e. The molecule has 2 aromatic carbocycles. The van der Waals surface area contributed by atoms with Crippen LogP contribution in [0.5, 0.6) is 0 Å². The zero-order valence-electron chi connectivity index (χ0n) is 19.2. The fourth-order valence-corrected chi connectivity index (χ4v) is 5.43. The van der Waals surface area contributed by atoms with Gasteiger partial charge in [-0.1, -0.05) is 18.2 Å². The molecule has 0 spiro atoms. The summed E-state index contributed by atoms with van der Waals surface area (Å²) in [6.45, 7) is 2.25. The molecule has 176 valence electrons. The molecule has 2 aromatic heterocycles. The highest BCUT2D eigenvalue weighted by atomic mass is 19.1. The van der Waals surface area contributed by atoms with Crippen LogP contribution in [0.1, 0.15) is 34.0 Å². The molecule has 1 N–H and O–H groups in total. The molecule has 2 aliphatic heterocycles. The number of pyridine rings is 2. The van der Waals surface area contributed by atoms with Gasteiger partial charge in [-0.25, -0.2) is 4.39 Å². The topological polar surface area (TPSA) is 67.2 Å². The number of fused-ring (bicyclic) bond motifs is 5. The van der Waals surface area contributed by atoms with E-state index < -0.39 is 0 Å². The molecule has 2 atom stereocenters. The van der Waals surface area contributed by atoms with E-state index in [-0.39, 0.29) is 29.1 Å². The van der Waals surface area contributed by atoms with Gasteiger partial charge in [0.2, 0.25) is 0 Å². The second-order valence-corrected chi connectivity index (χ2v) is 9.49. The molecule has 1 fully saturated rings. The molecule has 1 saturated heterocycles. The van der Waals surface area contributed by atoms with Crippen LogP contribution in [0, 0.1) is 11.7 Å². The SMILES string of the molecule is O=C(c1ccc(F)cc1)N1C[C@H]2C[C@H](C1)c1ccc(NCc3cnc4ccccc4c3)c(=O)n1C2. The molecule has 2 aliphatic rings. The standard InChI is InChI=1S/C28H25FN4O2/c29-23-7-5-20(6-8-23)27(34)32-15-19-12-22(17-32)26-10-9-25(28(35)33(26)16-19)31-14-18-11-21-3-1-2-4-24(21)30-13-18/h1-11,13,19,22,31H,12,14-17H2/t19-,22-/m1/s1. The minimum absolute atomic E-state index is 0.0238. The van der Waals surface area contributed by atoms with Gasteiger partial charge in [0.15, 0.2) is 0 Å². The quantitative estimate of drug-likeness (QED) is 0.482. The molecule has 2 bridgehead atoms. The summed E-state index contributed by atoms with van der Waals surface area (Å²) in [6, 6.07) is 19.6. The first-order valence-corrected chi connectivity index (χ1v) is 11.9. The Balaban J connectivity index is 1.20. The number of nitrogens with zero attached hydrogens (tertiary/aromatic N) is 3. The fourth-order valence-electron chi connectivity index (χ4n) is 5.43. The Hall–Kier alpha value is -4.00. The number of carbonyl (C=O) groups excluding carboxylic acids is 1. The molecule has 6 rings (SSSR count). The first-order chi connectivity index (χ1) is 17.0. The zero-order valence-corrected chi connectivity index (χ0v) is 19.2. The van der Waals surface area contributed by atoms with Crippen molar-refractivity contribution in [2.24, 2.45) is 5.92 Å². The maximum atomic E-state index is 13.3. The number of rotatable bonds is 4. The lowest BCUT2D eigenvalue weighted by Crippen LogP contribution is -2.49. The maximum absolute atomic E-state index is 13.3. The summed E-state index contributed by atoms with van der Waals surface area (Å²) in [4.78, 5) is 32.7. The highest BCUT2D eigenvalue weighted by molar-refractivity contribution is 5.94. The van der Waals surface area contributed by atoms with Crippen LogP contribution in [0.3, 0.4) is 0 Å². The Kier molecular flexibility index (Phi) is 5.32. The normalized spacial score (nSPS) is 18.8. The average Bonchev–Trinajstić information content (AvgIpc) is 2.88. The maximum Gasteiger partial charge on any atom is 0.274 e. The Morgan fingerprint density at radius 2 is 1.86 bits per heavy atom. The summed E-state index contributed by atoms with van der Waals surface area (Å²) in [6.07, 6.45) is 2.80. The van der Waals surface area contributed by atoms with Crippen molar-refractivity contribution in [2.45, 2.75) is 25.4 Å². The Morgan fingerprint density at radius 3 is 2.71 bits per heavy atom. The summed E-state index contributed by atoms with van der Waals surface area (Å²) in [5, 5.41) is 4.37. The van der Waals surface area contributed by atoms with Crippen LogP contribution in [-0.4, -0.2) is 33.4 Å². The molecule has 1 amide bonds. The summed E-state index contributed by atoms with van der Waals surface area (Å²) in [5.74, 6) is -0.119. The monoisotopic (exact) mass is 468 g/mol. The third-order valence-corrected chi connectivity index (χ3v) is 7.11.